The molecule has 0 aliphatic carbocycles. The quantitative estimate of drug-likeness (QED) is 0.434. The van der Waals surface area contributed by atoms with Crippen LogP contribution < -0.4 is 14.8 Å². The van der Waals surface area contributed by atoms with Crippen molar-refractivity contribution in [2.24, 2.45) is 0 Å². The summed E-state index contributed by atoms with van der Waals surface area (Å²) >= 11 is 0. The first-order chi connectivity index (χ1) is 12.7. The molecule has 0 fully saturated rings. The van der Waals surface area contributed by atoms with Gasteiger partial charge in [-0.05, 0) is 54.5 Å². The number of hydrogen-bond donors (Lipinski definition) is 1. The van der Waals surface area contributed by atoms with Crippen LogP contribution in [0.4, 0.5) is 5.69 Å². The highest BCUT2D eigenvalue weighted by molar-refractivity contribution is 6.09. The van der Waals surface area contributed by atoms with Crippen molar-refractivity contribution in [2.75, 3.05) is 19.0 Å². The Morgan fingerprint density at radius 2 is 1.77 bits per heavy atom. The summed E-state index contributed by atoms with van der Waals surface area (Å²) in [6.07, 6.45) is 3.61. The molecule has 0 aromatic heterocycles. The molecule has 26 heavy (non-hydrogen) atoms. The minimum Gasteiger partial charge on any atom is -0.497 e. The number of nitrogens with zero attached hydrogens (tertiary/aromatic N) is 1. The van der Waals surface area contributed by atoms with Crippen LogP contribution >= 0.6 is 0 Å². The number of benzene rings is 2. The maximum absolute atomic E-state index is 12.3. The average molecular weight is 350 g/mol. The SMILES string of the molecule is CCCCOc1ccc(NC(=O)C(C#N)=Cc2ccc(OC)cc2)cc1. The minimum atomic E-state index is -0.456. The van der Waals surface area contributed by atoms with Crippen molar-refractivity contribution >= 4 is 17.7 Å². The topological polar surface area (TPSA) is 71.3 Å². The Hall–Kier alpha value is -3.26. The molecule has 2 rings (SSSR count). The number of unbranched alkanes of at least 4 members (excludes halogenated alkanes) is 1. The van der Waals surface area contributed by atoms with Crippen molar-refractivity contribution < 1.29 is 14.3 Å². The highest BCUT2D eigenvalue weighted by Gasteiger charge is 2.09. The van der Waals surface area contributed by atoms with Crippen molar-refractivity contribution in [3.8, 4) is 17.6 Å². The van der Waals surface area contributed by atoms with Crippen LogP contribution in [0, 0.1) is 11.3 Å². The molecular formula is C21H22N2O3. The molecule has 0 saturated carbocycles. The van der Waals surface area contributed by atoms with E-state index in [1.807, 2.05) is 6.07 Å². The van der Waals surface area contributed by atoms with E-state index in [9.17, 15) is 10.1 Å². The maximum Gasteiger partial charge on any atom is 0.266 e. The zero-order chi connectivity index (χ0) is 18.8. The summed E-state index contributed by atoms with van der Waals surface area (Å²) in [4.78, 5) is 12.3. The van der Waals surface area contributed by atoms with Crippen LogP contribution in [0.1, 0.15) is 25.3 Å². The highest BCUT2D eigenvalue weighted by Crippen LogP contribution is 2.18. The molecule has 2 aromatic rings. The van der Waals surface area contributed by atoms with Crippen molar-refractivity contribution in [1.29, 1.82) is 5.26 Å². The van der Waals surface area contributed by atoms with Gasteiger partial charge in [0.1, 0.15) is 23.1 Å². The molecule has 1 N–H and O–H groups in total. The molecule has 0 radical (unpaired) electrons. The molecule has 0 unspecified atom stereocenters. The molecule has 134 valence electrons. The molecule has 5 heteroatoms. The molecule has 0 aliphatic rings. The van der Waals surface area contributed by atoms with Gasteiger partial charge in [-0.25, -0.2) is 0 Å². The second-order valence-corrected chi connectivity index (χ2v) is 5.62. The maximum atomic E-state index is 12.3. The van der Waals surface area contributed by atoms with Crippen molar-refractivity contribution in [3.05, 3.63) is 59.7 Å². The van der Waals surface area contributed by atoms with Gasteiger partial charge in [-0.2, -0.15) is 5.26 Å². The van der Waals surface area contributed by atoms with E-state index < -0.39 is 5.91 Å². The molecule has 1 amide bonds. The monoisotopic (exact) mass is 350 g/mol. The van der Waals surface area contributed by atoms with Gasteiger partial charge in [-0.1, -0.05) is 25.5 Å². The Bertz CT molecular complexity index is 788. The molecule has 0 spiro atoms. The van der Waals surface area contributed by atoms with Crippen LogP contribution in [-0.4, -0.2) is 19.6 Å². The van der Waals surface area contributed by atoms with E-state index in [0.717, 1.165) is 24.2 Å². The third-order valence-corrected chi connectivity index (χ3v) is 3.67. The lowest BCUT2D eigenvalue weighted by Gasteiger charge is -2.08. The van der Waals surface area contributed by atoms with E-state index in [0.29, 0.717) is 18.0 Å². The smallest absolute Gasteiger partial charge is 0.266 e. The average Bonchev–Trinajstić information content (AvgIpc) is 2.68. The van der Waals surface area contributed by atoms with Crippen LogP contribution in [-0.2, 0) is 4.79 Å². The fourth-order valence-corrected chi connectivity index (χ4v) is 2.18. The fourth-order valence-electron chi connectivity index (χ4n) is 2.18. The molecular weight excluding hydrogens is 328 g/mol. The summed E-state index contributed by atoms with van der Waals surface area (Å²) in [5, 5.41) is 12.0. The van der Waals surface area contributed by atoms with Gasteiger partial charge in [0.2, 0.25) is 0 Å². The summed E-state index contributed by atoms with van der Waals surface area (Å²) < 4.78 is 10.7. The van der Waals surface area contributed by atoms with E-state index in [1.165, 1.54) is 6.08 Å². The van der Waals surface area contributed by atoms with Gasteiger partial charge in [0.25, 0.3) is 5.91 Å². The Morgan fingerprint density at radius 3 is 2.35 bits per heavy atom. The lowest BCUT2D eigenvalue weighted by molar-refractivity contribution is -0.112. The number of hydrogen-bond acceptors (Lipinski definition) is 4. The standard InChI is InChI=1S/C21H22N2O3/c1-3-4-13-26-20-11-7-18(8-12-20)23-21(24)17(15-22)14-16-5-9-19(25-2)10-6-16/h5-12,14H,3-4,13H2,1-2H3,(H,23,24). The Kier molecular flexibility index (Phi) is 7.26. The molecule has 0 aliphatic heterocycles. The highest BCUT2D eigenvalue weighted by atomic mass is 16.5. The van der Waals surface area contributed by atoms with Crippen molar-refractivity contribution in [2.45, 2.75) is 19.8 Å². The summed E-state index contributed by atoms with van der Waals surface area (Å²) in [6, 6.07) is 16.1. The largest absolute Gasteiger partial charge is 0.497 e. The second-order valence-electron chi connectivity index (χ2n) is 5.62. The molecule has 0 saturated heterocycles. The zero-order valence-electron chi connectivity index (χ0n) is 15.0. The van der Waals surface area contributed by atoms with Gasteiger partial charge in [0.05, 0.1) is 13.7 Å². The first kappa shape index (κ1) is 19.1. The van der Waals surface area contributed by atoms with E-state index in [-0.39, 0.29) is 5.57 Å². The number of nitriles is 1. The number of rotatable bonds is 8. The lowest BCUT2D eigenvalue weighted by Crippen LogP contribution is -2.13. The van der Waals surface area contributed by atoms with Crippen LogP contribution in [0.25, 0.3) is 6.08 Å². The van der Waals surface area contributed by atoms with Crippen LogP contribution in [0.5, 0.6) is 11.5 Å². The normalized spacial score (nSPS) is 10.7. The van der Waals surface area contributed by atoms with Crippen LogP contribution in [0.2, 0.25) is 0 Å². The Balaban J connectivity index is 2.02. The van der Waals surface area contributed by atoms with E-state index in [2.05, 4.69) is 12.2 Å². The number of ether oxygens (including phenoxy) is 2. The number of carbonyl (C=O) groups is 1. The fraction of sp³-hybridized carbons (Fsp3) is 0.238. The Labute approximate surface area is 153 Å². The van der Waals surface area contributed by atoms with E-state index in [4.69, 9.17) is 9.47 Å². The molecule has 0 heterocycles. The Morgan fingerprint density at radius 1 is 1.12 bits per heavy atom. The van der Waals surface area contributed by atoms with Gasteiger partial charge in [0, 0.05) is 5.69 Å². The number of amides is 1. The number of carbonyl (C=O) groups excluding carboxylic acids is 1. The van der Waals surface area contributed by atoms with Gasteiger partial charge in [0.15, 0.2) is 0 Å². The number of methoxy groups -OCH3 is 1. The third kappa shape index (κ3) is 5.67. The first-order valence-electron chi connectivity index (χ1n) is 8.46. The van der Waals surface area contributed by atoms with Crippen molar-refractivity contribution in [1.82, 2.24) is 0 Å². The first-order valence-corrected chi connectivity index (χ1v) is 8.46. The molecule has 5 nitrogen and oxygen atoms in total. The summed E-state index contributed by atoms with van der Waals surface area (Å²) in [5.74, 6) is 1.01. The molecule has 2 aromatic carbocycles. The lowest BCUT2D eigenvalue weighted by atomic mass is 10.1. The minimum absolute atomic E-state index is 0.0263. The van der Waals surface area contributed by atoms with Crippen molar-refractivity contribution in [3.63, 3.8) is 0 Å². The summed E-state index contributed by atoms with van der Waals surface area (Å²) in [6.45, 7) is 2.78. The molecule has 0 atom stereocenters. The molecule has 0 bridgehead atoms. The summed E-state index contributed by atoms with van der Waals surface area (Å²) in [7, 11) is 1.58. The number of nitrogens with one attached hydrogen (secondary N) is 1. The number of anilines is 1. The van der Waals surface area contributed by atoms with Crippen LogP contribution in [0.3, 0.4) is 0 Å². The van der Waals surface area contributed by atoms with E-state index in [1.54, 1.807) is 55.6 Å². The van der Waals surface area contributed by atoms with Gasteiger partial charge < -0.3 is 14.8 Å². The second kappa shape index (κ2) is 9.90. The van der Waals surface area contributed by atoms with Gasteiger partial charge in [-0.3, -0.25) is 4.79 Å². The predicted octanol–water partition coefficient (Wildman–Crippen LogP) is 4.42. The van der Waals surface area contributed by atoms with E-state index >= 15 is 0 Å². The van der Waals surface area contributed by atoms with Crippen LogP contribution in [0.15, 0.2) is 54.1 Å². The van der Waals surface area contributed by atoms with Gasteiger partial charge in [-0.15, -0.1) is 0 Å². The predicted molar refractivity (Wildman–Crippen MR) is 102 cm³/mol. The van der Waals surface area contributed by atoms with Gasteiger partial charge >= 0.3 is 0 Å². The third-order valence-electron chi connectivity index (χ3n) is 3.67. The zero-order valence-corrected chi connectivity index (χ0v) is 15.0. The summed E-state index contributed by atoms with van der Waals surface area (Å²) in [5.41, 5.74) is 1.38.